The molecule has 1 amide bonds. The predicted molar refractivity (Wildman–Crippen MR) is 144 cm³/mol. The Morgan fingerprint density at radius 1 is 0.946 bits per heavy atom. The van der Waals surface area contributed by atoms with E-state index >= 15 is 0 Å². The van der Waals surface area contributed by atoms with Crippen LogP contribution in [0.2, 0.25) is 0 Å². The Morgan fingerprint density at radius 2 is 1.49 bits per heavy atom. The van der Waals surface area contributed by atoms with Gasteiger partial charge in [0.1, 0.15) is 5.82 Å². The van der Waals surface area contributed by atoms with E-state index in [0.717, 1.165) is 82.1 Å². The van der Waals surface area contributed by atoms with Crippen LogP contribution < -0.4 is 4.90 Å². The molecule has 1 aromatic heterocycles. The van der Waals surface area contributed by atoms with E-state index in [1.807, 2.05) is 6.07 Å². The standard InChI is InChI=1S/C27H47N5O5/c1-2-29-19-21-30(22-20-29)26-17-16-25(24-28-26)27(33)31(34)18-14-12-10-8-6-4-3-5-7-9-11-13-15-23-37-32(35)36/h16-17,24,34H,2-15,18-23H2,1H3. The molecule has 2 rings (SSSR count). The molecular weight excluding hydrogens is 474 g/mol. The number of amides is 1. The van der Waals surface area contributed by atoms with Crippen LogP contribution in [-0.4, -0.2) is 77.0 Å². The van der Waals surface area contributed by atoms with Crippen LogP contribution in [-0.2, 0) is 4.84 Å². The summed E-state index contributed by atoms with van der Waals surface area (Å²) in [5, 5.41) is 20.3. The molecule has 1 aliphatic rings. The van der Waals surface area contributed by atoms with Crippen LogP contribution >= 0.6 is 0 Å². The number of carbonyl (C=O) groups is 1. The summed E-state index contributed by atoms with van der Waals surface area (Å²) in [5.41, 5.74) is 0.419. The highest BCUT2D eigenvalue weighted by Gasteiger charge is 2.18. The first-order valence-electron chi connectivity index (χ1n) is 14.2. The lowest BCUT2D eigenvalue weighted by Gasteiger charge is -2.34. The van der Waals surface area contributed by atoms with Gasteiger partial charge in [-0.05, 0) is 31.5 Å². The molecule has 0 aromatic carbocycles. The van der Waals surface area contributed by atoms with Crippen LogP contribution in [0.25, 0.3) is 0 Å². The van der Waals surface area contributed by atoms with Crippen molar-refractivity contribution in [1.29, 1.82) is 0 Å². The van der Waals surface area contributed by atoms with Crippen molar-refractivity contribution in [3.8, 4) is 0 Å². The molecule has 1 aromatic rings. The molecule has 1 N–H and O–H groups in total. The highest BCUT2D eigenvalue weighted by Crippen LogP contribution is 2.16. The zero-order valence-corrected chi connectivity index (χ0v) is 22.7. The molecule has 37 heavy (non-hydrogen) atoms. The Balaban J connectivity index is 1.43. The van der Waals surface area contributed by atoms with Crippen LogP contribution in [0.5, 0.6) is 0 Å². The Morgan fingerprint density at radius 3 is 1.97 bits per heavy atom. The predicted octanol–water partition coefficient (Wildman–Crippen LogP) is 5.33. The number of rotatable bonds is 20. The average molecular weight is 522 g/mol. The van der Waals surface area contributed by atoms with E-state index in [0.29, 0.717) is 12.1 Å². The summed E-state index contributed by atoms with van der Waals surface area (Å²) in [4.78, 5) is 36.0. The third kappa shape index (κ3) is 13.1. The molecular formula is C27H47N5O5. The van der Waals surface area contributed by atoms with Gasteiger partial charge in [-0.1, -0.05) is 77.6 Å². The minimum atomic E-state index is -0.726. The van der Waals surface area contributed by atoms with Gasteiger partial charge in [0, 0.05) is 38.9 Å². The number of aromatic nitrogens is 1. The number of likely N-dealkylation sites (N-methyl/N-ethyl adjacent to an activating group) is 1. The lowest BCUT2D eigenvalue weighted by molar-refractivity contribution is -0.757. The van der Waals surface area contributed by atoms with Gasteiger partial charge in [-0.15, -0.1) is 10.1 Å². The Hall–Kier alpha value is -2.46. The Bertz CT molecular complexity index is 756. The minimum Gasteiger partial charge on any atom is -0.354 e. The van der Waals surface area contributed by atoms with Gasteiger partial charge in [0.15, 0.2) is 0 Å². The quantitative estimate of drug-likeness (QED) is 0.106. The molecule has 0 radical (unpaired) electrons. The maximum atomic E-state index is 12.5. The number of piperazine rings is 1. The average Bonchev–Trinajstić information content (AvgIpc) is 2.92. The third-order valence-electron chi connectivity index (χ3n) is 7.08. The number of hydrogen-bond donors (Lipinski definition) is 1. The summed E-state index contributed by atoms with van der Waals surface area (Å²) in [6.45, 7) is 7.73. The molecule has 1 fully saturated rings. The van der Waals surface area contributed by atoms with Crippen molar-refractivity contribution >= 4 is 11.7 Å². The minimum absolute atomic E-state index is 0.211. The fraction of sp³-hybridized carbons (Fsp3) is 0.778. The first-order valence-corrected chi connectivity index (χ1v) is 14.2. The number of anilines is 1. The first kappa shape index (κ1) is 30.8. The molecule has 0 aliphatic carbocycles. The number of nitrogens with zero attached hydrogens (tertiary/aromatic N) is 5. The molecule has 2 heterocycles. The van der Waals surface area contributed by atoms with E-state index in [4.69, 9.17) is 0 Å². The molecule has 0 atom stereocenters. The molecule has 10 nitrogen and oxygen atoms in total. The topological polar surface area (TPSA) is 112 Å². The summed E-state index contributed by atoms with van der Waals surface area (Å²) < 4.78 is 0. The number of hydrogen-bond acceptors (Lipinski definition) is 8. The number of hydroxylamine groups is 2. The second-order valence-corrected chi connectivity index (χ2v) is 9.91. The fourth-order valence-corrected chi connectivity index (χ4v) is 4.69. The van der Waals surface area contributed by atoms with Crippen LogP contribution in [0.4, 0.5) is 5.82 Å². The van der Waals surface area contributed by atoms with Gasteiger partial charge in [-0.3, -0.25) is 10.0 Å². The highest BCUT2D eigenvalue weighted by molar-refractivity contribution is 5.93. The molecule has 1 saturated heterocycles. The van der Waals surface area contributed by atoms with Gasteiger partial charge in [-0.2, -0.15) is 0 Å². The van der Waals surface area contributed by atoms with Crippen LogP contribution in [0.15, 0.2) is 18.3 Å². The fourth-order valence-electron chi connectivity index (χ4n) is 4.69. The Kier molecular flexibility index (Phi) is 15.6. The van der Waals surface area contributed by atoms with E-state index in [2.05, 4.69) is 26.5 Å². The maximum Gasteiger partial charge on any atom is 0.294 e. The molecule has 0 bridgehead atoms. The summed E-state index contributed by atoms with van der Waals surface area (Å²) in [7, 11) is 0. The summed E-state index contributed by atoms with van der Waals surface area (Å²) in [5.74, 6) is 0.495. The normalized spacial score (nSPS) is 14.1. The third-order valence-corrected chi connectivity index (χ3v) is 7.08. The largest absolute Gasteiger partial charge is 0.354 e. The second kappa shape index (κ2) is 18.7. The zero-order chi connectivity index (χ0) is 26.7. The van der Waals surface area contributed by atoms with E-state index in [9.17, 15) is 20.1 Å². The van der Waals surface area contributed by atoms with Crippen molar-refractivity contribution in [2.24, 2.45) is 0 Å². The van der Waals surface area contributed by atoms with Crippen LogP contribution in [0, 0.1) is 10.1 Å². The molecule has 1 aliphatic heterocycles. The number of carbonyl (C=O) groups excluding carboxylic acids is 1. The van der Waals surface area contributed by atoms with E-state index < -0.39 is 5.09 Å². The highest BCUT2D eigenvalue weighted by atomic mass is 16.9. The molecule has 10 heteroatoms. The number of pyridine rings is 1. The first-order chi connectivity index (χ1) is 18.0. The molecule has 0 saturated carbocycles. The monoisotopic (exact) mass is 521 g/mol. The number of unbranched alkanes of at least 4 members (excludes halogenated alkanes) is 12. The molecule has 0 spiro atoms. The van der Waals surface area contributed by atoms with Gasteiger partial charge in [0.25, 0.3) is 11.0 Å². The van der Waals surface area contributed by atoms with Crippen molar-refractivity contribution in [3.05, 3.63) is 34.0 Å². The molecule has 210 valence electrons. The van der Waals surface area contributed by atoms with Crippen LogP contribution in [0.1, 0.15) is 101 Å². The smallest absolute Gasteiger partial charge is 0.294 e. The summed E-state index contributed by atoms with van der Waals surface area (Å²) in [6, 6.07) is 3.63. The second-order valence-electron chi connectivity index (χ2n) is 9.91. The maximum absolute atomic E-state index is 12.5. The van der Waals surface area contributed by atoms with Crippen molar-refractivity contribution in [2.45, 2.75) is 90.4 Å². The van der Waals surface area contributed by atoms with Gasteiger partial charge in [-0.25, -0.2) is 10.0 Å². The lowest BCUT2D eigenvalue weighted by Crippen LogP contribution is -2.46. The zero-order valence-electron chi connectivity index (χ0n) is 22.7. The van der Waals surface area contributed by atoms with Crippen molar-refractivity contribution in [2.75, 3.05) is 50.8 Å². The van der Waals surface area contributed by atoms with E-state index in [-0.39, 0.29) is 12.5 Å². The lowest BCUT2D eigenvalue weighted by atomic mass is 10.0. The van der Waals surface area contributed by atoms with Crippen LogP contribution in [0.3, 0.4) is 0 Å². The van der Waals surface area contributed by atoms with Gasteiger partial charge < -0.3 is 14.6 Å². The molecule has 0 unspecified atom stereocenters. The van der Waals surface area contributed by atoms with E-state index in [1.165, 1.54) is 44.9 Å². The van der Waals surface area contributed by atoms with Crippen molar-refractivity contribution in [1.82, 2.24) is 14.9 Å². The van der Waals surface area contributed by atoms with Crippen molar-refractivity contribution in [3.63, 3.8) is 0 Å². The summed E-state index contributed by atoms with van der Waals surface area (Å²) in [6.07, 6.45) is 15.9. The SMILES string of the molecule is CCN1CCN(c2ccc(C(=O)N(O)CCCCCCCCCCCCCCCO[N+](=O)[O-])cn2)CC1. The van der Waals surface area contributed by atoms with Gasteiger partial charge in [0.2, 0.25) is 0 Å². The van der Waals surface area contributed by atoms with Crippen molar-refractivity contribution < 1.29 is 19.9 Å². The van der Waals surface area contributed by atoms with E-state index in [1.54, 1.807) is 12.3 Å². The summed E-state index contributed by atoms with van der Waals surface area (Å²) >= 11 is 0. The van der Waals surface area contributed by atoms with Gasteiger partial charge in [0.05, 0.1) is 12.2 Å². The van der Waals surface area contributed by atoms with Gasteiger partial charge >= 0.3 is 0 Å². The Labute approximate surface area is 222 Å².